The van der Waals surface area contributed by atoms with Crippen molar-refractivity contribution in [1.29, 1.82) is 0 Å². The molecule has 0 amide bonds. The average molecular weight is 376 g/mol. The summed E-state index contributed by atoms with van der Waals surface area (Å²) in [5, 5.41) is 6.28. The molecule has 142 valence electrons. The van der Waals surface area contributed by atoms with Gasteiger partial charge in [0.1, 0.15) is 11.5 Å². The van der Waals surface area contributed by atoms with Crippen LogP contribution in [0.5, 0.6) is 0 Å². The third-order valence-corrected chi connectivity index (χ3v) is 4.76. The largest absolute Gasteiger partial charge is 0.367 e. The van der Waals surface area contributed by atoms with Crippen molar-refractivity contribution in [1.82, 2.24) is 20.3 Å². The van der Waals surface area contributed by atoms with E-state index in [1.165, 1.54) is 6.20 Å². The number of anilines is 1. The van der Waals surface area contributed by atoms with Crippen molar-refractivity contribution >= 4 is 17.4 Å². The highest BCUT2D eigenvalue weighted by Gasteiger charge is 2.20. The zero-order chi connectivity index (χ0) is 19.3. The minimum Gasteiger partial charge on any atom is -0.367 e. The van der Waals surface area contributed by atoms with Gasteiger partial charge in [0, 0.05) is 49.4 Å². The minimum absolute atomic E-state index is 0.129. The highest BCUT2D eigenvalue weighted by atomic mass is 16.3. The number of pyridine rings is 2. The van der Waals surface area contributed by atoms with Gasteiger partial charge in [0.25, 0.3) is 0 Å². The normalized spacial score (nSPS) is 14.5. The molecule has 8 heteroatoms. The number of aromatic amines is 1. The van der Waals surface area contributed by atoms with Crippen LogP contribution < -0.4 is 10.2 Å². The summed E-state index contributed by atoms with van der Waals surface area (Å²) in [7, 11) is 0. The molecule has 0 aliphatic carbocycles. The average Bonchev–Trinajstić information content (AvgIpc) is 3.15. The van der Waals surface area contributed by atoms with E-state index < -0.39 is 0 Å². The molecular formula is C20H20N6O2. The van der Waals surface area contributed by atoms with Crippen LogP contribution in [-0.4, -0.2) is 46.9 Å². The van der Waals surface area contributed by atoms with Gasteiger partial charge in [-0.15, -0.1) is 4.91 Å². The molecule has 0 bridgehead atoms. The number of hydrogen-bond donors (Lipinski definition) is 2. The maximum atomic E-state index is 13.1. The Balaban J connectivity index is 1.68. The SMILES string of the molecule is O=Nc1ncc(-c2cc[nH]c2)cc1C(=O)c1cccc(N2CCCNCC2)n1. The Morgan fingerprint density at radius 3 is 2.89 bits per heavy atom. The fourth-order valence-electron chi connectivity index (χ4n) is 3.30. The van der Waals surface area contributed by atoms with Crippen LogP contribution in [0.1, 0.15) is 22.5 Å². The molecule has 0 unspecified atom stereocenters. The van der Waals surface area contributed by atoms with Crippen LogP contribution in [0.25, 0.3) is 11.1 Å². The van der Waals surface area contributed by atoms with Crippen LogP contribution in [0.3, 0.4) is 0 Å². The van der Waals surface area contributed by atoms with E-state index in [-0.39, 0.29) is 22.9 Å². The fraction of sp³-hybridized carbons (Fsp3) is 0.250. The molecule has 1 saturated heterocycles. The summed E-state index contributed by atoms with van der Waals surface area (Å²) < 4.78 is 0. The number of hydrogen-bond acceptors (Lipinski definition) is 7. The van der Waals surface area contributed by atoms with Crippen LogP contribution in [0.2, 0.25) is 0 Å². The number of aromatic nitrogens is 3. The van der Waals surface area contributed by atoms with Crippen molar-refractivity contribution in [2.24, 2.45) is 5.18 Å². The van der Waals surface area contributed by atoms with Gasteiger partial charge in [0.15, 0.2) is 0 Å². The third-order valence-electron chi connectivity index (χ3n) is 4.76. The Morgan fingerprint density at radius 2 is 2.07 bits per heavy atom. The predicted molar refractivity (Wildman–Crippen MR) is 107 cm³/mol. The maximum Gasteiger partial charge on any atom is 0.215 e. The Kier molecular flexibility index (Phi) is 5.20. The van der Waals surface area contributed by atoms with E-state index in [1.807, 2.05) is 18.2 Å². The number of nitroso groups, excluding NO2 is 1. The highest BCUT2D eigenvalue weighted by molar-refractivity contribution is 6.11. The first kappa shape index (κ1) is 18.0. The summed E-state index contributed by atoms with van der Waals surface area (Å²) in [5.41, 5.74) is 2.02. The summed E-state index contributed by atoms with van der Waals surface area (Å²) in [6.45, 7) is 3.56. The van der Waals surface area contributed by atoms with Crippen molar-refractivity contribution in [2.45, 2.75) is 6.42 Å². The smallest absolute Gasteiger partial charge is 0.215 e. The van der Waals surface area contributed by atoms with E-state index in [0.717, 1.165) is 49.5 Å². The molecule has 1 aliphatic rings. The molecule has 0 atom stereocenters. The van der Waals surface area contributed by atoms with E-state index in [0.29, 0.717) is 0 Å². The van der Waals surface area contributed by atoms with Crippen LogP contribution in [0, 0.1) is 4.91 Å². The Morgan fingerprint density at radius 1 is 1.14 bits per heavy atom. The van der Waals surface area contributed by atoms with E-state index in [1.54, 1.807) is 24.5 Å². The lowest BCUT2D eigenvalue weighted by molar-refractivity contribution is 0.103. The number of carbonyl (C=O) groups excluding carboxylic acids is 1. The fourth-order valence-corrected chi connectivity index (χ4v) is 3.30. The van der Waals surface area contributed by atoms with Gasteiger partial charge in [-0.1, -0.05) is 6.07 Å². The summed E-state index contributed by atoms with van der Waals surface area (Å²) in [4.78, 5) is 38.1. The standard InChI is InChI=1S/C20H20N6O2/c27-19(16-11-15(13-23-20(16)25-28)14-5-7-22-12-14)17-3-1-4-18(24-17)26-9-2-6-21-8-10-26/h1,3-5,7,11-13,21-22H,2,6,8-10H2. The summed E-state index contributed by atoms with van der Waals surface area (Å²) in [5.74, 6) is 0.259. The summed E-state index contributed by atoms with van der Waals surface area (Å²) in [6, 6.07) is 8.87. The summed E-state index contributed by atoms with van der Waals surface area (Å²) >= 11 is 0. The first-order valence-electron chi connectivity index (χ1n) is 9.20. The second-order valence-electron chi connectivity index (χ2n) is 6.59. The zero-order valence-electron chi connectivity index (χ0n) is 15.3. The minimum atomic E-state index is -0.366. The molecule has 0 radical (unpaired) electrons. The van der Waals surface area contributed by atoms with E-state index in [2.05, 4.69) is 30.3 Å². The van der Waals surface area contributed by atoms with E-state index in [9.17, 15) is 9.70 Å². The van der Waals surface area contributed by atoms with Crippen LogP contribution >= 0.6 is 0 Å². The number of carbonyl (C=O) groups is 1. The maximum absolute atomic E-state index is 13.1. The van der Waals surface area contributed by atoms with Crippen molar-refractivity contribution in [3.8, 4) is 11.1 Å². The third kappa shape index (κ3) is 3.67. The van der Waals surface area contributed by atoms with Gasteiger partial charge in [0.2, 0.25) is 11.6 Å². The number of nitrogens with zero attached hydrogens (tertiary/aromatic N) is 4. The number of rotatable bonds is 5. The Hall–Kier alpha value is -3.39. The van der Waals surface area contributed by atoms with Crippen molar-refractivity contribution in [3.05, 3.63) is 65.1 Å². The van der Waals surface area contributed by atoms with Gasteiger partial charge in [0.05, 0.1) is 5.56 Å². The predicted octanol–water partition coefficient (Wildman–Crippen LogP) is 2.90. The molecule has 0 saturated carbocycles. The number of nitrogens with one attached hydrogen (secondary N) is 2. The number of H-pyrrole nitrogens is 1. The zero-order valence-corrected chi connectivity index (χ0v) is 15.3. The van der Waals surface area contributed by atoms with Crippen LogP contribution in [0.15, 0.2) is 54.1 Å². The molecule has 1 aliphatic heterocycles. The second-order valence-corrected chi connectivity index (χ2v) is 6.59. The Bertz CT molecular complexity index is 978. The lowest BCUT2D eigenvalue weighted by Crippen LogP contribution is -2.28. The van der Waals surface area contributed by atoms with Crippen molar-refractivity contribution in [2.75, 3.05) is 31.1 Å². The lowest BCUT2D eigenvalue weighted by atomic mass is 10.0. The molecular weight excluding hydrogens is 356 g/mol. The first-order chi connectivity index (χ1) is 13.8. The molecule has 4 rings (SSSR count). The van der Waals surface area contributed by atoms with Crippen LogP contribution in [-0.2, 0) is 0 Å². The molecule has 28 heavy (non-hydrogen) atoms. The molecule has 0 spiro atoms. The van der Waals surface area contributed by atoms with Gasteiger partial charge < -0.3 is 15.2 Å². The van der Waals surface area contributed by atoms with Gasteiger partial charge in [-0.05, 0) is 42.4 Å². The molecule has 0 aromatic carbocycles. The quantitative estimate of drug-likeness (QED) is 0.524. The van der Waals surface area contributed by atoms with Gasteiger partial charge in [-0.3, -0.25) is 4.79 Å². The highest BCUT2D eigenvalue weighted by Crippen LogP contribution is 2.26. The Labute approximate surface area is 162 Å². The molecule has 8 nitrogen and oxygen atoms in total. The molecule has 2 N–H and O–H groups in total. The lowest BCUT2D eigenvalue weighted by Gasteiger charge is -2.21. The molecule has 3 aromatic rings. The number of ketones is 1. The van der Waals surface area contributed by atoms with E-state index >= 15 is 0 Å². The van der Waals surface area contributed by atoms with Crippen molar-refractivity contribution < 1.29 is 4.79 Å². The van der Waals surface area contributed by atoms with E-state index in [4.69, 9.17) is 0 Å². The topological polar surface area (TPSA) is 103 Å². The van der Waals surface area contributed by atoms with Gasteiger partial charge in [-0.25, -0.2) is 9.97 Å². The van der Waals surface area contributed by atoms with Gasteiger partial charge >= 0.3 is 0 Å². The second kappa shape index (κ2) is 8.10. The van der Waals surface area contributed by atoms with Crippen LogP contribution in [0.4, 0.5) is 11.6 Å². The molecule has 4 heterocycles. The summed E-state index contributed by atoms with van der Waals surface area (Å²) in [6.07, 6.45) is 6.13. The molecule has 1 fully saturated rings. The first-order valence-corrected chi connectivity index (χ1v) is 9.20. The molecule has 3 aromatic heterocycles. The monoisotopic (exact) mass is 376 g/mol. The van der Waals surface area contributed by atoms with Gasteiger partial charge in [-0.2, -0.15) is 0 Å². The van der Waals surface area contributed by atoms with Crippen molar-refractivity contribution in [3.63, 3.8) is 0 Å².